The van der Waals surface area contributed by atoms with E-state index in [1.54, 1.807) is 0 Å². The molecule has 0 aliphatic rings. The van der Waals surface area contributed by atoms with Gasteiger partial charge in [0.1, 0.15) is 5.17 Å². The summed E-state index contributed by atoms with van der Waals surface area (Å²) in [6, 6.07) is 3.87. The van der Waals surface area contributed by atoms with Gasteiger partial charge >= 0.3 is 18.2 Å². The maximum atomic E-state index is 13.2. The van der Waals surface area contributed by atoms with Gasteiger partial charge in [-0.25, -0.2) is 9.59 Å². The second kappa shape index (κ2) is 9.05. The van der Waals surface area contributed by atoms with Crippen LogP contribution in [-0.2, 0) is 20.0 Å². The van der Waals surface area contributed by atoms with Gasteiger partial charge in [-0.05, 0) is 18.6 Å². The molecule has 1 unspecified atom stereocenters. The molecule has 0 bridgehead atoms. The van der Waals surface area contributed by atoms with Crippen molar-refractivity contribution in [2.45, 2.75) is 31.5 Å². The van der Waals surface area contributed by atoms with Crippen LogP contribution < -0.4 is 4.90 Å². The van der Waals surface area contributed by atoms with Gasteiger partial charge in [0, 0.05) is 24.7 Å². The highest BCUT2D eigenvalue weighted by Crippen LogP contribution is 2.40. The van der Waals surface area contributed by atoms with Gasteiger partial charge in [-0.15, -0.1) is 0 Å². The highest BCUT2D eigenvalue weighted by molar-refractivity contribution is 6.65. The van der Waals surface area contributed by atoms with E-state index in [1.165, 1.54) is 7.05 Å². The summed E-state index contributed by atoms with van der Waals surface area (Å²) in [5, 5.41) is 13.4. The number of nitrogens with zero attached hydrogens (tertiary/aromatic N) is 2. The summed E-state index contributed by atoms with van der Waals surface area (Å²) in [6.07, 6.45) is -5.14. The number of methoxy groups -OCH3 is 1. The second-order valence-corrected chi connectivity index (χ2v) is 5.82. The average Bonchev–Trinajstić information content (AvgIpc) is 2.63. The number of aliphatic hydroxyl groups is 1. The number of amides is 1. The summed E-state index contributed by atoms with van der Waals surface area (Å²) in [4.78, 5) is 29.0. The van der Waals surface area contributed by atoms with Crippen LogP contribution in [0.4, 0.5) is 23.7 Å². The van der Waals surface area contributed by atoms with Crippen LogP contribution in [0.1, 0.15) is 25.3 Å². The Labute approximate surface area is 158 Å². The average molecular weight is 411 g/mol. The monoisotopic (exact) mass is 410 g/mol. The molecule has 0 saturated heterocycles. The number of anilines is 1. The quantitative estimate of drug-likeness (QED) is 0.335. The van der Waals surface area contributed by atoms with Gasteiger partial charge in [0.05, 0.1) is 7.11 Å². The zero-order valence-electron chi connectivity index (χ0n) is 14.7. The van der Waals surface area contributed by atoms with Gasteiger partial charge in [0.25, 0.3) is 5.60 Å². The van der Waals surface area contributed by atoms with Gasteiger partial charge in [-0.2, -0.15) is 13.2 Å². The summed E-state index contributed by atoms with van der Waals surface area (Å²) in [5.74, 6) is -1.88. The normalized spacial score (nSPS) is 14.3. The number of oxime groups is 1. The molecule has 0 spiro atoms. The molecular formula is C16H18ClF3N2O5. The van der Waals surface area contributed by atoms with Crippen molar-refractivity contribution in [1.29, 1.82) is 0 Å². The van der Waals surface area contributed by atoms with Crippen LogP contribution >= 0.6 is 11.6 Å². The number of ether oxygens (including phenoxy) is 1. The van der Waals surface area contributed by atoms with Crippen LogP contribution in [0.2, 0.25) is 0 Å². The van der Waals surface area contributed by atoms with E-state index >= 15 is 0 Å². The molecule has 1 amide bonds. The molecule has 1 aromatic carbocycles. The lowest BCUT2D eigenvalue weighted by molar-refractivity contribution is -0.266. The molecule has 11 heteroatoms. The molecule has 1 aromatic rings. The zero-order valence-corrected chi connectivity index (χ0v) is 15.5. The van der Waals surface area contributed by atoms with Crippen molar-refractivity contribution < 1.29 is 37.4 Å². The number of halogens is 4. The van der Waals surface area contributed by atoms with Crippen molar-refractivity contribution >= 4 is 34.5 Å². The molecular weight excluding hydrogens is 393 g/mol. The van der Waals surface area contributed by atoms with E-state index in [-0.39, 0.29) is 10.9 Å². The van der Waals surface area contributed by atoms with Crippen molar-refractivity contribution in [3.8, 4) is 0 Å². The van der Waals surface area contributed by atoms with Crippen LogP contribution in [0, 0.1) is 0 Å². The molecule has 1 N–H and O–H groups in total. The Balaban J connectivity index is 3.05. The topological polar surface area (TPSA) is 88.4 Å². The number of alkyl halides is 3. The first-order valence-corrected chi connectivity index (χ1v) is 8.01. The lowest BCUT2D eigenvalue weighted by atomic mass is 9.93. The predicted octanol–water partition coefficient (Wildman–Crippen LogP) is 3.53. The maximum absolute atomic E-state index is 13.2. The van der Waals surface area contributed by atoms with Gasteiger partial charge in [-0.3, -0.25) is 9.74 Å². The largest absolute Gasteiger partial charge is 0.466 e. The first-order chi connectivity index (χ1) is 12.5. The third kappa shape index (κ3) is 5.10. The van der Waals surface area contributed by atoms with Crippen LogP contribution in [0.5, 0.6) is 0 Å². The molecule has 1 rings (SSSR count). The molecule has 150 valence electrons. The molecule has 0 aliphatic heterocycles. The number of carbonyl (C=O) groups is 2. The Morgan fingerprint density at radius 3 is 2.26 bits per heavy atom. The summed E-state index contributed by atoms with van der Waals surface area (Å²) in [7, 11) is 2.01. The van der Waals surface area contributed by atoms with Crippen LogP contribution in [0.15, 0.2) is 29.4 Å². The third-order valence-corrected chi connectivity index (χ3v) is 3.77. The number of benzene rings is 1. The van der Waals surface area contributed by atoms with Crippen LogP contribution in [0.25, 0.3) is 0 Å². The molecule has 0 fully saturated rings. The van der Waals surface area contributed by atoms with Crippen molar-refractivity contribution in [3.05, 3.63) is 29.8 Å². The Kier molecular flexibility index (Phi) is 7.61. The molecule has 0 aromatic heterocycles. The van der Waals surface area contributed by atoms with Crippen LogP contribution in [0.3, 0.4) is 0 Å². The third-order valence-electron chi connectivity index (χ3n) is 3.52. The molecule has 0 aliphatic carbocycles. The van der Waals surface area contributed by atoms with E-state index in [1.807, 2.05) is 6.92 Å². The molecule has 0 saturated carbocycles. The molecule has 27 heavy (non-hydrogen) atoms. The number of hydrogen-bond acceptors (Lipinski definition) is 6. The van der Waals surface area contributed by atoms with E-state index in [2.05, 4.69) is 14.7 Å². The Morgan fingerprint density at radius 1 is 1.26 bits per heavy atom. The van der Waals surface area contributed by atoms with Gasteiger partial charge in [0.15, 0.2) is 0 Å². The second-order valence-electron chi connectivity index (χ2n) is 5.38. The van der Waals surface area contributed by atoms with Crippen LogP contribution in [-0.4, -0.2) is 42.7 Å². The van der Waals surface area contributed by atoms with E-state index < -0.39 is 29.4 Å². The number of esters is 1. The Morgan fingerprint density at radius 2 is 1.81 bits per heavy atom. The minimum Gasteiger partial charge on any atom is -0.466 e. The number of rotatable bonds is 6. The van der Waals surface area contributed by atoms with Gasteiger partial charge in [0.2, 0.25) is 0 Å². The zero-order chi connectivity index (χ0) is 20.8. The molecule has 1 atom stereocenters. The van der Waals surface area contributed by atoms with Gasteiger partial charge in [-0.1, -0.05) is 35.8 Å². The minimum atomic E-state index is -5.31. The van der Waals surface area contributed by atoms with Gasteiger partial charge < -0.3 is 9.84 Å². The maximum Gasteiger partial charge on any atom is 0.440 e. The summed E-state index contributed by atoms with van der Waals surface area (Å²) >= 11 is 5.71. The lowest BCUT2D eigenvalue weighted by Crippen LogP contribution is -2.49. The summed E-state index contributed by atoms with van der Waals surface area (Å²) in [6.45, 7) is 1.85. The summed E-state index contributed by atoms with van der Waals surface area (Å²) in [5.41, 5.74) is -4.48. The molecule has 7 nitrogen and oxygen atoms in total. The number of hydrogen-bond donors (Lipinski definition) is 1. The molecule has 0 radical (unpaired) electrons. The smallest absolute Gasteiger partial charge is 0.440 e. The minimum absolute atomic E-state index is 0.0860. The lowest BCUT2D eigenvalue weighted by Gasteiger charge is -2.28. The van der Waals surface area contributed by atoms with E-state index in [9.17, 15) is 27.9 Å². The predicted molar refractivity (Wildman–Crippen MR) is 91.5 cm³/mol. The first-order valence-electron chi connectivity index (χ1n) is 7.64. The van der Waals surface area contributed by atoms with Crippen molar-refractivity contribution in [3.63, 3.8) is 0 Å². The van der Waals surface area contributed by atoms with Crippen molar-refractivity contribution in [2.24, 2.45) is 5.16 Å². The molecule has 0 heterocycles. The SMILES string of the molecule is CCC/C(Cl)=N\OC(=O)N(C)c1ccc(C(O)(C(=O)OC)C(F)(F)F)cc1. The highest BCUT2D eigenvalue weighted by atomic mass is 35.5. The Hall–Kier alpha value is -2.33. The highest BCUT2D eigenvalue weighted by Gasteiger charge is 2.62. The fourth-order valence-corrected chi connectivity index (χ4v) is 2.20. The standard InChI is InChI=1S/C16H18ClF3N2O5/c1-4-5-12(17)21-27-14(24)22(2)11-8-6-10(7-9-11)15(25,13(23)26-3)16(18,19)20/h6-9,25H,4-5H2,1-3H3/b21-12+. The fourth-order valence-electron chi connectivity index (χ4n) is 1.98. The fraction of sp³-hybridized carbons (Fsp3) is 0.438. The van der Waals surface area contributed by atoms with Crippen molar-refractivity contribution in [2.75, 3.05) is 19.1 Å². The van der Waals surface area contributed by atoms with E-state index in [0.29, 0.717) is 12.8 Å². The Bertz CT molecular complexity index is 709. The first kappa shape index (κ1) is 22.7. The van der Waals surface area contributed by atoms with Crippen molar-refractivity contribution in [1.82, 2.24) is 0 Å². The van der Waals surface area contributed by atoms with E-state index in [4.69, 9.17) is 11.6 Å². The number of carbonyl (C=O) groups excluding carboxylic acids is 2. The van der Waals surface area contributed by atoms with E-state index in [0.717, 1.165) is 36.3 Å². The summed E-state index contributed by atoms with van der Waals surface area (Å²) < 4.78 is 43.6.